The molecule has 128 valence electrons. The normalized spacial score (nSPS) is 13.8. The third kappa shape index (κ3) is 6.00. The van der Waals surface area contributed by atoms with E-state index in [-0.39, 0.29) is 18.4 Å². The lowest BCUT2D eigenvalue weighted by molar-refractivity contribution is -0.143. The lowest BCUT2D eigenvalue weighted by Gasteiger charge is -2.28. The minimum absolute atomic E-state index is 0.0819. The van der Waals surface area contributed by atoms with Crippen molar-refractivity contribution >= 4 is 11.9 Å². The Morgan fingerprint density at radius 2 is 1.83 bits per heavy atom. The van der Waals surface area contributed by atoms with E-state index >= 15 is 0 Å². The van der Waals surface area contributed by atoms with Crippen LogP contribution in [-0.2, 0) is 9.59 Å². The van der Waals surface area contributed by atoms with Crippen molar-refractivity contribution in [1.29, 1.82) is 0 Å². The highest BCUT2D eigenvalue weighted by Crippen LogP contribution is 2.20. The number of carbonyl (C=O) groups is 2. The first-order valence-electron chi connectivity index (χ1n) is 7.76. The fourth-order valence-corrected chi connectivity index (χ4v) is 2.47. The summed E-state index contributed by atoms with van der Waals surface area (Å²) < 4.78 is 0. The smallest absolute Gasteiger partial charge is 0.326 e. The van der Waals surface area contributed by atoms with Gasteiger partial charge in [0.2, 0.25) is 5.91 Å². The zero-order valence-corrected chi connectivity index (χ0v) is 13.9. The maximum atomic E-state index is 12.7. The quantitative estimate of drug-likeness (QED) is 0.637. The van der Waals surface area contributed by atoms with E-state index in [1.165, 1.54) is 0 Å². The monoisotopic (exact) mass is 322 g/mol. The van der Waals surface area contributed by atoms with Crippen molar-refractivity contribution in [2.75, 3.05) is 20.2 Å². The first-order chi connectivity index (χ1) is 10.9. The number of aliphatic hydroxyl groups excluding tert-OH is 1. The number of aliphatic carboxylic acids is 1. The van der Waals surface area contributed by atoms with E-state index in [4.69, 9.17) is 5.11 Å². The molecule has 0 spiro atoms. The summed E-state index contributed by atoms with van der Waals surface area (Å²) in [5, 5.41) is 21.1. The molecule has 6 nitrogen and oxygen atoms in total. The average Bonchev–Trinajstić information content (AvgIpc) is 2.47. The third-order valence-electron chi connectivity index (χ3n) is 3.58. The first-order valence-corrected chi connectivity index (χ1v) is 7.76. The minimum Gasteiger partial charge on any atom is -0.480 e. The summed E-state index contributed by atoms with van der Waals surface area (Å²) >= 11 is 0. The van der Waals surface area contributed by atoms with Crippen molar-refractivity contribution in [2.24, 2.45) is 5.92 Å². The van der Waals surface area contributed by atoms with Crippen molar-refractivity contribution < 1.29 is 19.8 Å². The average molecular weight is 322 g/mol. The van der Waals surface area contributed by atoms with Crippen molar-refractivity contribution in [2.45, 2.75) is 32.4 Å². The predicted molar refractivity (Wildman–Crippen MR) is 87.9 cm³/mol. The summed E-state index contributed by atoms with van der Waals surface area (Å²) in [6.45, 7) is 4.06. The highest BCUT2D eigenvalue weighted by Gasteiger charge is 2.29. The molecule has 0 aliphatic rings. The van der Waals surface area contributed by atoms with E-state index in [9.17, 15) is 14.7 Å². The molecule has 23 heavy (non-hydrogen) atoms. The molecule has 0 saturated heterocycles. The second kappa shape index (κ2) is 9.27. The Morgan fingerprint density at radius 3 is 2.30 bits per heavy atom. The lowest BCUT2D eigenvalue weighted by Crippen LogP contribution is -2.47. The van der Waals surface area contributed by atoms with Gasteiger partial charge in [0.15, 0.2) is 0 Å². The molecule has 1 rings (SSSR count). The maximum absolute atomic E-state index is 12.7. The highest BCUT2D eigenvalue weighted by atomic mass is 16.4. The van der Waals surface area contributed by atoms with Crippen molar-refractivity contribution in [1.82, 2.24) is 10.2 Å². The Kier molecular flexibility index (Phi) is 7.71. The molecular weight excluding hydrogens is 296 g/mol. The van der Waals surface area contributed by atoms with Gasteiger partial charge in [0.1, 0.15) is 12.1 Å². The van der Waals surface area contributed by atoms with Crippen LogP contribution >= 0.6 is 0 Å². The van der Waals surface area contributed by atoms with Gasteiger partial charge in [-0.2, -0.15) is 0 Å². The van der Waals surface area contributed by atoms with Crippen LogP contribution in [0.2, 0.25) is 0 Å². The SMILES string of the molecule is CC(C)CC(NC(=O)C(c1ccccc1)N(C)CCO)C(=O)O. The number of nitrogens with one attached hydrogen (secondary N) is 1. The van der Waals surface area contributed by atoms with E-state index in [1.54, 1.807) is 11.9 Å². The molecule has 0 radical (unpaired) electrons. The Hall–Kier alpha value is -1.92. The summed E-state index contributed by atoms with van der Waals surface area (Å²) in [7, 11) is 1.73. The number of carboxylic acid groups (broad SMARTS) is 1. The van der Waals surface area contributed by atoms with E-state index in [2.05, 4.69) is 5.32 Å². The summed E-state index contributed by atoms with van der Waals surface area (Å²) in [6, 6.07) is 7.57. The van der Waals surface area contributed by atoms with Crippen LogP contribution in [0.15, 0.2) is 30.3 Å². The van der Waals surface area contributed by atoms with Crippen LogP contribution in [0.3, 0.4) is 0 Å². The Labute approximate surface area is 137 Å². The van der Waals surface area contributed by atoms with Gasteiger partial charge in [-0.15, -0.1) is 0 Å². The molecule has 1 aromatic carbocycles. The van der Waals surface area contributed by atoms with Crippen LogP contribution in [0.4, 0.5) is 0 Å². The van der Waals surface area contributed by atoms with Crippen LogP contribution in [0, 0.1) is 5.92 Å². The van der Waals surface area contributed by atoms with Crippen molar-refractivity contribution in [3.05, 3.63) is 35.9 Å². The first kappa shape index (κ1) is 19.1. The van der Waals surface area contributed by atoms with Gasteiger partial charge in [-0.3, -0.25) is 9.69 Å². The molecule has 6 heteroatoms. The number of likely N-dealkylation sites (N-methyl/N-ethyl adjacent to an activating group) is 1. The lowest BCUT2D eigenvalue weighted by atomic mass is 10.0. The number of amides is 1. The topological polar surface area (TPSA) is 89.9 Å². The van der Waals surface area contributed by atoms with Crippen molar-refractivity contribution in [3.8, 4) is 0 Å². The summed E-state index contributed by atoms with van der Waals surface area (Å²) in [6.07, 6.45) is 0.367. The van der Waals surface area contributed by atoms with Crippen LogP contribution in [0.5, 0.6) is 0 Å². The molecule has 0 aromatic heterocycles. The van der Waals surface area contributed by atoms with Gasteiger partial charge in [-0.25, -0.2) is 4.79 Å². The van der Waals surface area contributed by atoms with Crippen LogP contribution < -0.4 is 5.32 Å². The van der Waals surface area contributed by atoms with Gasteiger partial charge in [0, 0.05) is 6.54 Å². The highest BCUT2D eigenvalue weighted by molar-refractivity contribution is 5.87. The molecule has 0 aliphatic heterocycles. The summed E-state index contributed by atoms with van der Waals surface area (Å²) in [5.74, 6) is -1.26. The number of hydrogen-bond donors (Lipinski definition) is 3. The molecule has 3 N–H and O–H groups in total. The number of carboxylic acids is 1. The maximum Gasteiger partial charge on any atom is 0.326 e. The van der Waals surface area contributed by atoms with Gasteiger partial charge in [-0.05, 0) is 24.9 Å². The molecule has 2 atom stereocenters. The molecule has 2 unspecified atom stereocenters. The van der Waals surface area contributed by atoms with Gasteiger partial charge < -0.3 is 15.5 Å². The van der Waals surface area contributed by atoms with E-state index in [1.807, 2.05) is 44.2 Å². The summed E-state index contributed by atoms with van der Waals surface area (Å²) in [5.41, 5.74) is 0.759. The van der Waals surface area contributed by atoms with Gasteiger partial charge in [-0.1, -0.05) is 44.2 Å². The number of nitrogens with zero attached hydrogens (tertiary/aromatic N) is 1. The Bertz CT molecular complexity index is 505. The molecule has 1 aromatic rings. The minimum atomic E-state index is -1.04. The molecule has 0 heterocycles. The molecule has 0 aliphatic carbocycles. The Morgan fingerprint density at radius 1 is 1.22 bits per heavy atom. The van der Waals surface area contributed by atoms with Gasteiger partial charge >= 0.3 is 5.97 Å². The fourth-order valence-electron chi connectivity index (χ4n) is 2.47. The second-order valence-corrected chi connectivity index (χ2v) is 6.05. The van der Waals surface area contributed by atoms with Crippen LogP contribution in [-0.4, -0.2) is 53.2 Å². The number of benzene rings is 1. The predicted octanol–water partition coefficient (Wildman–Crippen LogP) is 1.27. The largest absolute Gasteiger partial charge is 0.480 e. The Balaban J connectivity index is 2.97. The second-order valence-electron chi connectivity index (χ2n) is 6.05. The molecular formula is C17H26N2O4. The fraction of sp³-hybridized carbons (Fsp3) is 0.529. The third-order valence-corrected chi connectivity index (χ3v) is 3.58. The van der Waals surface area contributed by atoms with E-state index in [0.717, 1.165) is 5.56 Å². The van der Waals surface area contributed by atoms with Crippen LogP contribution in [0.25, 0.3) is 0 Å². The van der Waals surface area contributed by atoms with Gasteiger partial charge in [0.05, 0.1) is 6.61 Å². The standard InChI is InChI=1S/C17H26N2O4/c1-12(2)11-14(17(22)23)18-16(21)15(19(3)9-10-20)13-7-5-4-6-8-13/h4-8,12,14-15,20H,9-11H2,1-3H3,(H,18,21)(H,22,23). The molecule has 0 saturated carbocycles. The zero-order chi connectivity index (χ0) is 17.4. The molecule has 1 amide bonds. The van der Waals surface area contributed by atoms with E-state index in [0.29, 0.717) is 13.0 Å². The number of hydrogen-bond acceptors (Lipinski definition) is 4. The summed E-state index contributed by atoms with van der Waals surface area (Å²) in [4.78, 5) is 25.7. The van der Waals surface area contributed by atoms with E-state index < -0.39 is 18.1 Å². The van der Waals surface area contributed by atoms with Crippen molar-refractivity contribution in [3.63, 3.8) is 0 Å². The molecule has 0 fully saturated rings. The zero-order valence-electron chi connectivity index (χ0n) is 13.9. The van der Waals surface area contributed by atoms with Crippen LogP contribution in [0.1, 0.15) is 31.9 Å². The number of rotatable bonds is 9. The van der Waals surface area contributed by atoms with Gasteiger partial charge in [0.25, 0.3) is 0 Å². The molecule has 0 bridgehead atoms. The number of carbonyl (C=O) groups excluding carboxylic acids is 1. The number of aliphatic hydroxyl groups is 1.